The van der Waals surface area contributed by atoms with E-state index in [0.717, 1.165) is 55.3 Å². The Hall–Kier alpha value is -5.58. The van der Waals surface area contributed by atoms with Crippen LogP contribution < -0.4 is 0 Å². The van der Waals surface area contributed by atoms with Crippen LogP contribution in [-0.4, -0.2) is 9.97 Å². The van der Waals surface area contributed by atoms with Crippen LogP contribution in [-0.2, 0) is 0 Å². The maximum atomic E-state index is 9.26. The predicted molar refractivity (Wildman–Crippen MR) is 151 cm³/mol. The van der Waals surface area contributed by atoms with Crippen LogP contribution in [0.25, 0.3) is 55.3 Å². The topological polar surface area (TPSA) is 73.4 Å². The zero-order valence-electron chi connectivity index (χ0n) is 20.3. The molecule has 0 atom stereocenters. The normalized spacial score (nSPS) is 10.6. The molecule has 6 rings (SSSR count). The Kier molecular flexibility index (Phi) is 5.91. The van der Waals surface area contributed by atoms with Crippen molar-refractivity contribution >= 4 is 10.8 Å². The summed E-state index contributed by atoms with van der Waals surface area (Å²) in [4.78, 5) is 8.20. The molecule has 0 spiro atoms. The van der Waals surface area contributed by atoms with Crippen LogP contribution in [0.5, 0.6) is 0 Å². The molecule has 2 aromatic heterocycles. The van der Waals surface area contributed by atoms with Gasteiger partial charge in [0.2, 0.25) is 0 Å². The number of nitrogens with zero attached hydrogens (tertiary/aromatic N) is 4. The highest BCUT2D eigenvalue weighted by Gasteiger charge is 2.11. The van der Waals surface area contributed by atoms with E-state index in [1.807, 2.05) is 36.4 Å². The molecule has 0 aliphatic carbocycles. The molecule has 0 amide bonds. The summed E-state index contributed by atoms with van der Waals surface area (Å²) in [5.74, 6) is 0. The Labute approximate surface area is 220 Å². The minimum Gasteiger partial charge on any atom is -0.246 e. The Morgan fingerprint density at radius 1 is 0.421 bits per heavy atom. The highest BCUT2D eigenvalue weighted by atomic mass is 14.7. The quantitative estimate of drug-likeness (QED) is 0.254. The predicted octanol–water partition coefficient (Wildman–Crippen LogP) is 8.04. The zero-order valence-corrected chi connectivity index (χ0v) is 20.3. The minimum atomic E-state index is 0.403. The molecule has 0 N–H and O–H groups in total. The molecule has 0 aliphatic rings. The SMILES string of the molecule is N#Cc1cc(-c2cccc(-c3cccc4c(-c5cccc(-c6ccnc(C#N)c6)c5)cccc34)c2)ccn1. The highest BCUT2D eigenvalue weighted by Crippen LogP contribution is 2.37. The van der Waals surface area contributed by atoms with Gasteiger partial charge in [-0.2, -0.15) is 10.5 Å². The number of pyridine rings is 2. The Bertz CT molecular complexity index is 1770. The first-order valence-corrected chi connectivity index (χ1v) is 12.2. The third kappa shape index (κ3) is 4.28. The lowest BCUT2D eigenvalue weighted by Crippen LogP contribution is -1.88. The lowest BCUT2D eigenvalue weighted by atomic mass is 9.91. The molecule has 0 saturated heterocycles. The van der Waals surface area contributed by atoms with Crippen molar-refractivity contribution in [3.8, 4) is 56.6 Å². The largest absolute Gasteiger partial charge is 0.246 e. The summed E-state index contributed by atoms with van der Waals surface area (Å²) >= 11 is 0. The second-order valence-electron chi connectivity index (χ2n) is 8.95. The molecular weight excluding hydrogens is 464 g/mol. The van der Waals surface area contributed by atoms with Crippen molar-refractivity contribution in [1.29, 1.82) is 10.5 Å². The monoisotopic (exact) mass is 484 g/mol. The molecule has 0 saturated carbocycles. The fourth-order valence-electron chi connectivity index (χ4n) is 4.89. The van der Waals surface area contributed by atoms with Gasteiger partial charge >= 0.3 is 0 Å². The number of nitriles is 2. The van der Waals surface area contributed by atoms with Gasteiger partial charge in [0.1, 0.15) is 23.5 Å². The molecule has 0 radical (unpaired) electrons. The second-order valence-corrected chi connectivity index (χ2v) is 8.95. The van der Waals surface area contributed by atoms with Crippen molar-refractivity contribution in [3.63, 3.8) is 0 Å². The van der Waals surface area contributed by atoms with Crippen LogP contribution in [0.3, 0.4) is 0 Å². The molecule has 6 aromatic rings. The van der Waals surface area contributed by atoms with E-state index in [1.165, 1.54) is 0 Å². The number of benzene rings is 4. The number of hydrogen-bond acceptors (Lipinski definition) is 4. The van der Waals surface area contributed by atoms with Gasteiger partial charge in [0, 0.05) is 12.4 Å². The molecule has 4 heteroatoms. The van der Waals surface area contributed by atoms with Gasteiger partial charge in [-0.25, -0.2) is 9.97 Å². The van der Waals surface area contributed by atoms with Crippen LogP contribution >= 0.6 is 0 Å². The number of fused-ring (bicyclic) bond motifs is 1. The van der Waals surface area contributed by atoms with E-state index in [4.69, 9.17) is 0 Å². The average molecular weight is 485 g/mol. The van der Waals surface area contributed by atoms with E-state index in [2.05, 4.69) is 94.9 Å². The molecular formula is C34H20N4. The summed E-state index contributed by atoms with van der Waals surface area (Å²) in [6.07, 6.45) is 3.35. The molecule has 4 nitrogen and oxygen atoms in total. The molecule has 0 bridgehead atoms. The lowest BCUT2D eigenvalue weighted by molar-refractivity contribution is 1.26. The summed E-state index contributed by atoms with van der Waals surface area (Å²) in [6.45, 7) is 0. The third-order valence-electron chi connectivity index (χ3n) is 6.68. The number of hydrogen-bond donors (Lipinski definition) is 0. The van der Waals surface area contributed by atoms with Gasteiger partial charge in [0.15, 0.2) is 0 Å². The maximum absolute atomic E-state index is 9.26. The molecule has 0 unspecified atom stereocenters. The first-order valence-electron chi connectivity index (χ1n) is 12.2. The molecule has 2 heterocycles. The van der Waals surface area contributed by atoms with Gasteiger partial charge in [0.05, 0.1) is 0 Å². The molecule has 4 aromatic carbocycles. The van der Waals surface area contributed by atoms with E-state index in [0.29, 0.717) is 11.4 Å². The van der Waals surface area contributed by atoms with E-state index in [9.17, 15) is 10.5 Å². The number of rotatable bonds is 4. The summed E-state index contributed by atoms with van der Waals surface area (Å²) in [6, 6.07) is 41.3. The Balaban J connectivity index is 1.45. The smallest absolute Gasteiger partial charge is 0.141 e. The van der Waals surface area contributed by atoms with E-state index >= 15 is 0 Å². The van der Waals surface area contributed by atoms with Crippen molar-refractivity contribution < 1.29 is 0 Å². The zero-order chi connectivity index (χ0) is 25.9. The first kappa shape index (κ1) is 22.9. The van der Waals surface area contributed by atoms with Crippen molar-refractivity contribution in [3.05, 3.63) is 133 Å². The van der Waals surface area contributed by atoms with Gasteiger partial charge in [0.25, 0.3) is 0 Å². The highest BCUT2D eigenvalue weighted by molar-refractivity contribution is 6.05. The van der Waals surface area contributed by atoms with Gasteiger partial charge in [-0.05, 0) is 91.7 Å². The van der Waals surface area contributed by atoms with E-state index in [1.54, 1.807) is 12.4 Å². The second kappa shape index (κ2) is 9.82. The average Bonchev–Trinajstić information content (AvgIpc) is 3.00. The maximum Gasteiger partial charge on any atom is 0.141 e. The summed E-state index contributed by atoms with van der Waals surface area (Å²) < 4.78 is 0. The Morgan fingerprint density at radius 2 is 0.816 bits per heavy atom. The Morgan fingerprint density at radius 3 is 1.26 bits per heavy atom. The van der Waals surface area contributed by atoms with Crippen molar-refractivity contribution in [2.24, 2.45) is 0 Å². The fraction of sp³-hybridized carbons (Fsp3) is 0. The summed E-state index contributed by atoms with van der Waals surface area (Å²) in [5, 5.41) is 20.8. The lowest BCUT2D eigenvalue weighted by Gasteiger charge is -2.13. The van der Waals surface area contributed by atoms with Crippen LogP contribution in [0.4, 0.5) is 0 Å². The van der Waals surface area contributed by atoms with Gasteiger partial charge in [-0.3, -0.25) is 0 Å². The van der Waals surface area contributed by atoms with Crippen molar-refractivity contribution in [2.75, 3.05) is 0 Å². The van der Waals surface area contributed by atoms with Crippen LogP contribution in [0.15, 0.2) is 122 Å². The van der Waals surface area contributed by atoms with E-state index < -0.39 is 0 Å². The summed E-state index contributed by atoms with van der Waals surface area (Å²) in [7, 11) is 0. The first-order chi connectivity index (χ1) is 18.7. The van der Waals surface area contributed by atoms with Crippen LogP contribution in [0, 0.1) is 22.7 Å². The fourth-order valence-corrected chi connectivity index (χ4v) is 4.89. The van der Waals surface area contributed by atoms with E-state index in [-0.39, 0.29) is 0 Å². The van der Waals surface area contributed by atoms with Gasteiger partial charge in [-0.1, -0.05) is 72.8 Å². The molecule has 176 valence electrons. The van der Waals surface area contributed by atoms with Gasteiger partial charge < -0.3 is 0 Å². The molecule has 38 heavy (non-hydrogen) atoms. The summed E-state index contributed by atoms with van der Waals surface area (Å²) in [5.41, 5.74) is 9.31. The third-order valence-corrected chi connectivity index (χ3v) is 6.68. The molecule has 0 fully saturated rings. The standard InChI is InChI=1S/C34H20N4/c35-21-29-19-25(13-15-37-29)23-5-1-7-27(17-23)31-9-3-12-34-32(10-4-11-33(31)34)28-8-2-6-24(18-28)26-14-16-38-30(20-26)22-36/h1-20H. The minimum absolute atomic E-state index is 0.403. The number of aromatic nitrogens is 2. The van der Waals surface area contributed by atoms with Gasteiger partial charge in [-0.15, -0.1) is 0 Å². The van der Waals surface area contributed by atoms with Crippen LogP contribution in [0.2, 0.25) is 0 Å². The van der Waals surface area contributed by atoms with Crippen molar-refractivity contribution in [2.45, 2.75) is 0 Å². The van der Waals surface area contributed by atoms with Crippen LogP contribution in [0.1, 0.15) is 11.4 Å². The molecule has 0 aliphatic heterocycles. The van der Waals surface area contributed by atoms with Crippen molar-refractivity contribution in [1.82, 2.24) is 9.97 Å².